The molecule has 0 aliphatic rings. The van der Waals surface area contributed by atoms with E-state index < -0.39 is 0 Å². The summed E-state index contributed by atoms with van der Waals surface area (Å²) in [7, 11) is 0. The van der Waals surface area contributed by atoms with Crippen LogP contribution in [0.2, 0.25) is 10.0 Å². The Balaban J connectivity index is 1.81. The van der Waals surface area contributed by atoms with Crippen molar-refractivity contribution in [2.24, 2.45) is 0 Å². The highest BCUT2D eigenvalue weighted by Crippen LogP contribution is 2.17. The normalized spacial score (nSPS) is 10.8. The summed E-state index contributed by atoms with van der Waals surface area (Å²) in [6.07, 6.45) is 1.76. The summed E-state index contributed by atoms with van der Waals surface area (Å²) in [5.41, 5.74) is 0.735. The van der Waals surface area contributed by atoms with Gasteiger partial charge in [-0.05, 0) is 36.4 Å². The molecule has 0 aliphatic heterocycles. The van der Waals surface area contributed by atoms with Crippen LogP contribution in [0.1, 0.15) is 5.82 Å². The number of nitrogens with zero attached hydrogens (tertiary/aromatic N) is 3. The first-order valence-electron chi connectivity index (χ1n) is 5.60. The quantitative estimate of drug-likeness (QED) is 0.740. The average molecular weight is 294 g/mol. The molecule has 0 saturated heterocycles. The summed E-state index contributed by atoms with van der Waals surface area (Å²) < 4.78 is 7.43. The van der Waals surface area contributed by atoms with Crippen molar-refractivity contribution in [2.75, 3.05) is 0 Å². The van der Waals surface area contributed by atoms with Gasteiger partial charge in [-0.2, -0.15) is 0 Å². The lowest BCUT2D eigenvalue weighted by molar-refractivity contribution is 0.294. The number of halogens is 2. The molecule has 1 aromatic carbocycles. The molecule has 0 spiro atoms. The van der Waals surface area contributed by atoms with Crippen molar-refractivity contribution < 1.29 is 4.74 Å². The molecule has 0 fully saturated rings. The van der Waals surface area contributed by atoms with Crippen LogP contribution in [0.5, 0.6) is 5.75 Å². The van der Waals surface area contributed by atoms with Gasteiger partial charge in [0.1, 0.15) is 12.4 Å². The van der Waals surface area contributed by atoms with E-state index in [1.807, 2.05) is 0 Å². The van der Waals surface area contributed by atoms with Gasteiger partial charge in [0.2, 0.25) is 0 Å². The van der Waals surface area contributed by atoms with Gasteiger partial charge in [-0.25, -0.2) is 0 Å². The molecule has 6 heteroatoms. The maximum absolute atomic E-state index is 5.95. The Morgan fingerprint density at radius 3 is 2.47 bits per heavy atom. The molecule has 3 aromatic rings. The monoisotopic (exact) mass is 293 g/mol. The van der Waals surface area contributed by atoms with E-state index in [9.17, 15) is 0 Å². The van der Waals surface area contributed by atoms with E-state index in [1.165, 1.54) is 0 Å². The molecular weight excluding hydrogens is 285 g/mol. The number of pyridine rings is 1. The molecule has 0 saturated carbocycles. The van der Waals surface area contributed by atoms with E-state index in [1.54, 1.807) is 47.0 Å². The van der Waals surface area contributed by atoms with Crippen molar-refractivity contribution in [1.29, 1.82) is 0 Å². The lowest BCUT2D eigenvalue weighted by Crippen LogP contribution is -2.01. The maximum atomic E-state index is 5.95. The first-order valence-corrected chi connectivity index (χ1v) is 6.35. The van der Waals surface area contributed by atoms with Crippen molar-refractivity contribution in [3.05, 3.63) is 58.5 Å². The van der Waals surface area contributed by atoms with Gasteiger partial charge in [-0.3, -0.25) is 4.40 Å². The molecular formula is C13H9Cl2N3O. The SMILES string of the molecule is Clc1ccc(OCc2nnc3ccc(Cl)cn23)cc1. The van der Waals surface area contributed by atoms with Crippen LogP contribution >= 0.6 is 23.2 Å². The Labute approximate surface area is 119 Å². The van der Waals surface area contributed by atoms with E-state index in [0.717, 1.165) is 11.4 Å². The molecule has 0 aliphatic carbocycles. The summed E-state index contributed by atoms with van der Waals surface area (Å²) in [5, 5.41) is 9.41. The van der Waals surface area contributed by atoms with E-state index in [4.69, 9.17) is 27.9 Å². The van der Waals surface area contributed by atoms with Crippen LogP contribution in [0.3, 0.4) is 0 Å². The topological polar surface area (TPSA) is 39.4 Å². The fourth-order valence-corrected chi connectivity index (χ4v) is 1.98. The Hall–Kier alpha value is -1.78. The summed E-state index contributed by atoms with van der Waals surface area (Å²) >= 11 is 11.8. The number of hydrogen-bond donors (Lipinski definition) is 0. The summed E-state index contributed by atoms with van der Waals surface area (Å²) in [5.74, 6) is 1.41. The van der Waals surface area contributed by atoms with Crippen molar-refractivity contribution in [3.63, 3.8) is 0 Å². The van der Waals surface area contributed by atoms with Gasteiger partial charge < -0.3 is 4.74 Å². The van der Waals surface area contributed by atoms with Gasteiger partial charge in [0, 0.05) is 11.2 Å². The second-order valence-corrected chi connectivity index (χ2v) is 4.81. The molecule has 4 nitrogen and oxygen atoms in total. The highest BCUT2D eigenvalue weighted by Gasteiger charge is 2.06. The van der Waals surface area contributed by atoms with E-state index in [-0.39, 0.29) is 0 Å². The van der Waals surface area contributed by atoms with Gasteiger partial charge in [-0.15, -0.1) is 10.2 Å². The average Bonchev–Trinajstić information content (AvgIpc) is 2.80. The van der Waals surface area contributed by atoms with Gasteiger partial charge >= 0.3 is 0 Å². The molecule has 0 atom stereocenters. The predicted octanol–water partition coefficient (Wildman–Crippen LogP) is 3.62. The first-order chi connectivity index (χ1) is 9.22. The van der Waals surface area contributed by atoms with Crippen molar-refractivity contribution >= 4 is 28.8 Å². The Morgan fingerprint density at radius 2 is 1.68 bits per heavy atom. The molecule has 0 N–H and O–H groups in total. The lowest BCUT2D eigenvalue weighted by atomic mass is 10.3. The highest BCUT2D eigenvalue weighted by atomic mass is 35.5. The highest BCUT2D eigenvalue weighted by molar-refractivity contribution is 6.30. The molecule has 3 rings (SSSR count). The van der Waals surface area contributed by atoms with Crippen molar-refractivity contribution in [2.45, 2.75) is 6.61 Å². The zero-order chi connectivity index (χ0) is 13.2. The number of rotatable bonds is 3. The van der Waals surface area contributed by atoms with Crippen LogP contribution in [0.15, 0.2) is 42.6 Å². The molecule has 19 heavy (non-hydrogen) atoms. The molecule has 0 unspecified atom stereocenters. The minimum Gasteiger partial charge on any atom is -0.486 e. The predicted molar refractivity (Wildman–Crippen MR) is 73.8 cm³/mol. The van der Waals surface area contributed by atoms with Crippen molar-refractivity contribution in [3.8, 4) is 5.75 Å². The van der Waals surface area contributed by atoms with Crippen LogP contribution in [-0.4, -0.2) is 14.6 Å². The summed E-state index contributed by atoms with van der Waals surface area (Å²) in [4.78, 5) is 0. The Morgan fingerprint density at radius 1 is 0.947 bits per heavy atom. The number of ether oxygens (including phenoxy) is 1. The van der Waals surface area contributed by atoms with Gasteiger partial charge in [0.25, 0.3) is 0 Å². The third-order valence-electron chi connectivity index (χ3n) is 2.62. The lowest BCUT2D eigenvalue weighted by Gasteiger charge is -2.05. The zero-order valence-corrected chi connectivity index (χ0v) is 11.3. The van der Waals surface area contributed by atoms with E-state index in [0.29, 0.717) is 22.5 Å². The summed E-state index contributed by atoms with van der Waals surface area (Å²) in [6, 6.07) is 10.7. The number of fused-ring (bicyclic) bond motifs is 1. The van der Waals surface area contributed by atoms with Crippen LogP contribution in [-0.2, 0) is 6.61 Å². The minimum atomic E-state index is 0.309. The standard InChI is InChI=1S/C13H9Cl2N3O/c14-9-1-4-11(5-2-9)19-8-13-17-16-12-6-3-10(15)7-18(12)13/h1-7H,8H2. The third kappa shape index (κ3) is 2.64. The molecule has 2 heterocycles. The van der Waals surface area contributed by atoms with Crippen LogP contribution in [0.4, 0.5) is 0 Å². The molecule has 0 amide bonds. The Bertz CT molecular complexity index is 709. The van der Waals surface area contributed by atoms with Gasteiger partial charge in [0.05, 0.1) is 5.02 Å². The molecule has 2 aromatic heterocycles. The van der Waals surface area contributed by atoms with Gasteiger partial charge in [-0.1, -0.05) is 23.2 Å². The fourth-order valence-electron chi connectivity index (χ4n) is 1.69. The third-order valence-corrected chi connectivity index (χ3v) is 3.09. The molecule has 96 valence electrons. The van der Waals surface area contributed by atoms with Crippen LogP contribution in [0.25, 0.3) is 5.65 Å². The second-order valence-electron chi connectivity index (χ2n) is 3.93. The summed E-state index contributed by atoms with van der Waals surface area (Å²) in [6.45, 7) is 0.309. The van der Waals surface area contributed by atoms with Crippen LogP contribution in [0, 0.1) is 0 Å². The first kappa shape index (κ1) is 12.3. The molecule has 0 bridgehead atoms. The minimum absolute atomic E-state index is 0.309. The largest absolute Gasteiger partial charge is 0.486 e. The Kier molecular flexibility index (Phi) is 3.27. The van der Waals surface area contributed by atoms with E-state index >= 15 is 0 Å². The smallest absolute Gasteiger partial charge is 0.175 e. The number of benzene rings is 1. The zero-order valence-electron chi connectivity index (χ0n) is 9.75. The number of aromatic nitrogens is 3. The number of hydrogen-bond acceptors (Lipinski definition) is 3. The van der Waals surface area contributed by atoms with Crippen molar-refractivity contribution in [1.82, 2.24) is 14.6 Å². The maximum Gasteiger partial charge on any atom is 0.175 e. The van der Waals surface area contributed by atoms with Gasteiger partial charge in [0.15, 0.2) is 11.5 Å². The second kappa shape index (κ2) is 5.07. The molecule has 0 radical (unpaired) electrons. The van der Waals surface area contributed by atoms with Crippen LogP contribution < -0.4 is 4.74 Å². The van der Waals surface area contributed by atoms with E-state index in [2.05, 4.69) is 10.2 Å². The fraction of sp³-hybridized carbons (Fsp3) is 0.0769.